The average molecular weight is 2200 g/mol. The zero-order valence-electron chi connectivity index (χ0n) is 75.7. The van der Waals surface area contributed by atoms with Gasteiger partial charge in [0.2, 0.25) is 0 Å². The van der Waals surface area contributed by atoms with Gasteiger partial charge in [-0.1, -0.05) is 484 Å². The van der Waals surface area contributed by atoms with Gasteiger partial charge >= 0.3 is 0 Å². The SMILES string of the molecule is Brc1ccc2ccccc2c1.CC1(C)c2ccccc2-c2c(Br)cc3c([nH]c4ccccc43)c21.CC1(C)c2ccccc2-c2c(Br)cc3c4ccccc4n(-c4ccc5ccccc5c4)c3c21.CC1(C)c2ccccc2-c2c(Br)ccc(Br)c21.CC1(C)c2ccccc2-c2c(Br)ccc(Nc3ccccc3Cl)c21.Nc1ccccc1Cl.c1ccc(P(c2ccccc2)c2ccccc2)cc1. The van der Waals surface area contributed by atoms with Crippen LogP contribution in [0.1, 0.15) is 99.9 Å². The maximum atomic E-state index is 6.34. The third-order valence-corrected chi connectivity index (χ3v) is 33.5. The molecule has 4 aliphatic rings. The summed E-state index contributed by atoms with van der Waals surface area (Å²) in [5.74, 6) is 0. The van der Waals surface area contributed by atoms with E-state index in [0.717, 1.165) is 25.3 Å². The first-order valence-electron chi connectivity index (χ1n) is 45.1. The first kappa shape index (κ1) is 92.8. The zero-order chi connectivity index (χ0) is 93.8. The van der Waals surface area contributed by atoms with E-state index in [1.165, 1.54) is 194 Å². The van der Waals surface area contributed by atoms with Crippen molar-refractivity contribution in [1.82, 2.24) is 9.55 Å². The lowest BCUT2D eigenvalue weighted by Gasteiger charge is -2.25. The Morgan fingerprint density at radius 2 is 0.689 bits per heavy atom. The number of aromatic amines is 1. The van der Waals surface area contributed by atoms with Crippen molar-refractivity contribution in [3.05, 3.63) is 488 Å². The van der Waals surface area contributed by atoms with Gasteiger partial charge < -0.3 is 20.6 Å². The molecule has 4 N–H and O–H groups in total. The summed E-state index contributed by atoms with van der Waals surface area (Å²) in [6, 6.07) is 143. The molecule has 2 aromatic heterocycles. The van der Waals surface area contributed by atoms with Crippen LogP contribution in [-0.2, 0) is 21.7 Å². The molecule has 25 rings (SSSR count). The van der Waals surface area contributed by atoms with Crippen LogP contribution in [0.2, 0.25) is 10.0 Å². The molecule has 19 aromatic carbocycles. The number of anilines is 3. The standard InChI is InChI=1S/C31H22BrN.C21H17BrClN.C21H16BrN.C18H15P.C15H12Br2.C10H7Br.C6H6ClN/c1-31(2)25-13-7-5-12-23(25)28-26(32)18-24-22-11-6-8-14-27(22)33(30(24)29(28)31)21-16-15-19-9-3-4-10-20(19)17-21;1-21(2)14-8-4-3-7-13(14)19-15(22)11-12-18(20(19)21)24-17-10-6-5-9-16(17)23;1-21(2)15-9-5-3-8-13(15)18-16(22)11-14-12-7-4-6-10-17(12)23-20(14)19(18)21;1-4-10-16(11-5-1)19(17-12-6-2-7-13-17)18-14-8-3-9-15-18;1-15(2)10-6-4-3-5-9(10)13-11(16)7-8-12(17)14(13)15;11-10-6-5-8-3-1-2-4-9(8)7-10;7-5-3-1-2-4-6(5)8/h3-18H,1-2H3;3-12,24H,1-2H3;3-11,23H,1-2H3;1-15H;3-8H,1-2H3;1-7H;1-4H,8H2. The normalized spacial score (nSPS) is 13.4. The molecule has 2 heterocycles. The number of nitrogens with two attached hydrogens (primary N) is 1. The minimum Gasteiger partial charge on any atom is -0.398 e. The Hall–Kier alpha value is -11.2. The van der Waals surface area contributed by atoms with Crippen LogP contribution >= 0.6 is 127 Å². The van der Waals surface area contributed by atoms with Crippen molar-refractivity contribution in [3.63, 3.8) is 0 Å². The molecular weight excluding hydrogens is 2100 g/mol. The fraction of sp³-hybridized carbons (Fsp3) is 0.0984. The summed E-state index contributed by atoms with van der Waals surface area (Å²) >= 11 is 34.3. The molecular formula is C122H95Br6Cl2N4P. The van der Waals surface area contributed by atoms with Gasteiger partial charge in [-0.3, -0.25) is 0 Å². The molecule has 21 aromatic rings. The van der Waals surface area contributed by atoms with Crippen LogP contribution in [0, 0.1) is 0 Å². The highest BCUT2D eigenvalue weighted by Crippen LogP contribution is 2.60. The van der Waals surface area contributed by atoms with Crippen LogP contribution in [0.5, 0.6) is 0 Å². The number of hydrogen-bond acceptors (Lipinski definition) is 2. The molecule has 0 bridgehead atoms. The summed E-state index contributed by atoms with van der Waals surface area (Å²) in [5.41, 5.74) is 35.8. The number of benzene rings is 19. The summed E-state index contributed by atoms with van der Waals surface area (Å²) in [6.07, 6.45) is 0. The lowest BCUT2D eigenvalue weighted by molar-refractivity contribution is 0.657. The lowest BCUT2D eigenvalue weighted by atomic mass is 9.81. The highest BCUT2D eigenvalue weighted by atomic mass is 79.9. The molecule has 4 nitrogen and oxygen atoms in total. The van der Waals surface area contributed by atoms with Gasteiger partial charge in [-0.05, 0) is 209 Å². The Bertz CT molecular complexity index is 7990. The van der Waals surface area contributed by atoms with Crippen LogP contribution in [0.3, 0.4) is 0 Å². The van der Waals surface area contributed by atoms with Crippen molar-refractivity contribution < 1.29 is 0 Å². The number of aromatic nitrogens is 2. The van der Waals surface area contributed by atoms with E-state index in [-0.39, 0.29) is 21.7 Å². The predicted octanol–water partition coefficient (Wildman–Crippen LogP) is 37.0. The van der Waals surface area contributed by atoms with Gasteiger partial charge in [-0.15, -0.1) is 0 Å². The Labute approximate surface area is 852 Å². The Kier molecular flexibility index (Phi) is 26.6. The van der Waals surface area contributed by atoms with Gasteiger partial charge in [0.05, 0.1) is 38.0 Å². The molecule has 0 amide bonds. The Balaban J connectivity index is 0.000000105. The number of rotatable bonds is 6. The molecule has 0 radical (unpaired) electrons. The van der Waals surface area contributed by atoms with Crippen LogP contribution in [0.4, 0.5) is 17.1 Å². The van der Waals surface area contributed by atoms with E-state index in [1.54, 1.807) is 12.1 Å². The summed E-state index contributed by atoms with van der Waals surface area (Å²) in [4.78, 5) is 3.68. The highest BCUT2D eigenvalue weighted by molar-refractivity contribution is 9.11. The molecule has 0 saturated heterocycles. The van der Waals surface area contributed by atoms with E-state index in [4.69, 9.17) is 28.9 Å². The van der Waals surface area contributed by atoms with Gasteiger partial charge in [0.1, 0.15) is 0 Å². The molecule has 0 atom stereocenters. The van der Waals surface area contributed by atoms with Crippen LogP contribution in [0.25, 0.3) is 115 Å². The van der Waals surface area contributed by atoms with Gasteiger partial charge in [0.15, 0.2) is 0 Å². The number of H-pyrrole nitrogens is 1. The zero-order valence-corrected chi connectivity index (χ0v) is 87.6. The van der Waals surface area contributed by atoms with Gasteiger partial charge in [0, 0.05) is 109 Å². The van der Waals surface area contributed by atoms with Crippen LogP contribution < -0.4 is 27.0 Å². The summed E-state index contributed by atoms with van der Waals surface area (Å²) < 4.78 is 9.46. The van der Waals surface area contributed by atoms with E-state index < -0.39 is 7.92 Å². The number of nitrogen functional groups attached to an aromatic ring is 1. The van der Waals surface area contributed by atoms with Crippen molar-refractivity contribution in [2.24, 2.45) is 0 Å². The first-order valence-corrected chi connectivity index (χ1v) is 52.0. The predicted molar refractivity (Wildman–Crippen MR) is 603 cm³/mol. The van der Waals surface area contributed by atoms with Crippen molar-refractivity contribution in [2.75, 3.05) is 11.1 Å². The largest absolute Gasteiger partial charge is 0.398 e. The van der Waals surface area contributed by atoms with Crippen LogP contribution in [-0.4, -0.2) is 9.55 Å². The van der Waals surface area contributed by atoms with E-state index >= 15 is 0 Å². The second-order valence-electron chi connectivity index (χ2n) is 36.4. The second kappa shape index (κ2) is 38.8. The van der Waals surface area contributed by atoms with Crippen molar-refractivity contribution in [3.8, 4) is 50.2 Å². The van der Waals surface area contributed by atoms with Crippen molar-refractivity contribution in [1.29, 1.82) is 0 Å². The van der Waals surface area contributed by atoms with E-state index in [1.807, 2.05) is 36.4 Å². The Morgan fingerprint density at radius 3 is 1.22 bits per heavy atom. The number of para-hydroxylation sites is 4. The third kappa shape index (κ3) is 17.6. The highest BCUT2D eigenvalue weighted by Gasteiger charge is 2.43. The van der Waals surface area contributed by atoms with E-state index in [9.17, 15) is 0 Å². The summed E-state index contributed by atoms with van der Waals surface area (Å²) in [6.45, 7) is 18.5. The molecule has 0 aliphatic heterocycles. The molecule has 0 spiro atoms. The van der Waals surface area contributed by atoms with E-state index in [2.05, 4.69) is 524 Å². The average Bonchev–Trinajstić information content (AvgIpc) is 1.54. The minimum atomic E-state index is -0.446. The minimum absolute atomic E-state index is 0.00513. The third-order valence-electron chi connectivity index (χ3n) is 26.7. The number of nitrogens with one attached hydrogen (secondary N) is 2. The molecule has 0 unspecified atom stereocenters. The quantitative estimate of drug-likeness (QED) is 0.115. The summed E-state index contributed by atoms with van der Waals surface area (Å²) in [5, 5.41) is 19.3. The fourth-order valence-electron chi connectivity index (χ4n) is 20.5. The number of fused-ring (bicyclic) bond motifs is 22. The molecule has 4 aliphatic carbocycles. The number of halogens is 8. The van der Waals surface area contributed by atoms with Gasteiger partial charge in [-0.2, -0.15) is 0 Å². The molecule has 664 valence electrons. The fourth-order valence-corrected chi connectivity index (χ4v) is 26.7. The van der Waals surface area contributed by atoms with Gasteiger partial charge in [-0.25, -0.2) is 0 Å². The molecule has 0 fully saturated rings. The summed E-state index contributed by atoms with van der Waals surface area (Å²) in [7, 11) is -0.446. The van der Waals surface area contributed by atoms with Gasteiger partial charge in [0.25, 0.3) is 0 Å². The Morgan fingerprint density at radius 1 is 0.296 bits per heavy atom. The first-order chi connectivity index (χ1) is 65.3. The maximum Gasteiger partial charge on any atom is 0.0640 e. The van der Waals surface area contributed by atoms with Crippen molar-refractivity contribution in [2.45, 2.75) is 77.0 Å². The van der Waals surface area contributed by atoms with Crippen molar-refractivity contribution >= 4 is 225 Å². The van der Waals surface area contributed by atoms with Crippen LogP contribution in [0.15, 0.2) is 433 Å². The number of hydrogen-bond donors (Lipinski definition) is 3. The lowest BCUT2D eigenvalue weighted by Crippen LogP contribution is -2.20. The molecule has 135 heavy (non-hydrogen) atoms. The second-order valence-corrected chi connectivity index (χ2v) is 44.6. The maximum absolute atomic E-state index is 6.34. The topological polar surface area (TPSA) is 58.8 Å². The number of nitrogens with zero attached hydrogens (tertiary/aromatic N) is 1. The van der Waals surface area contributed by atoms with E-state index in [0.29, 0.717) is 10.7 Å². The molecule has 13 heteroatoms. The molecule has 0 saturated carbocycles. The smallest absolute Gasteiger partial charge is 0.0640 e. The monoisotopic (exact) mass is 2190 g/mol.